The summed E-state index contributed by atoms with van der Waals surface area (Å²) in [5.74, 6) is 0.160. The van der Waals surface area contributed by atoms with Crippen LogP contribution in [0.4, 0.5) is 13.2 Å². The Morgan fingerprint density at radius 2 is 2.05 bits per heavy atom. The summed E-state index contributed by atoms with van der Waals surface area (Å²) in [4.78, 5) is 3.90. The summed E-state index contributed by atoms with van der Waals surface area (Å²) in [6, 6.07) is 4.74. The van der Waals surface area contributed by atoms with Crippen molar-refractivity contribution in [1.82, 2.24) is 10.1 Å². The molecule has 0 aliphatic carbocycles. The van der Waals surface area contributed by atoms with Crippen LogP contribution in [0.1, 0.15) is 17.8 Å². The highest BCUT2D eigenvalue weighted by Crippen LogP contribution is 2.28. The molecule has 7 heteroatoms. The molecule has 0 fully saturated rings. The Morgan fingerprint density at radius 1 is 1.32 bits per heavy atom. The minimum atomic E-state index is -4.25. The van der Waals surface area contributed by atoms with E-state index in [1.807, 2.05) is 0 Å². The lowest BCUT2D eigenvalue weighted by molar-refractivity contribution is -0.134. The van der Waals surface area contributed by atoms with Crippen molar-refractivity contribution in [3.05, 3.63) is 29.6 Å². The molecule has 0 atom stereocenters. The third-order valence-corrected chi connectivity index (χ3v) is 2.64. The van der Waals surface area contributed by atoms with Gasteiger partial charge in [0, 0.05) is 17.5 Å². The lowest BCUT2D eigenvalue weighted by Crippen LogP contribution is -2.09. The second-order valence-corrected chi connectivity index (χ2v) is 4.08. The number of phenolic OH excluding ortho intramolecular Hbond substituents is 1. The van der Waals surface area contributed by atoms with E-state index in [4.69, 9.17) is 4.52 Å². The van der Waals surface area contributed by atoms with Crippen molar-refractivity contribution in [2.45, 2.75) is 25.9 Å². The van der Waals surface area contributed by atoms with Crippen molar-refractivity contribution in [2.75, 3.05) is 0 Å². The van der Waals surface area contributed by atoms with Gasteiger partial charge in [0.2, 0.25) is 0 Å². The summed E-state index contributed by atoms with van der Waals surface area (Å²) in [6.07, 6.45) is -5.57. The summed E-state index contributed by atoms with van der Waals surface area (Å²) in [7, 11) is 0. The Hall–Kier alpha value is -2.05. The van der Waals surface area contributed by atoms with E-state index in [2.05, 4.69) is 10.1 Å². The van der Waals surface area contributed by atoms with Gasteiger partial charge in [-0.1, -0.05) is 11.2 Å². The van der Waals surface area contributed by atoms with Crippen LogP contribution in [0.2, 0.25) is 0 Å². The zero-order valence-corrected chi connectivity index (χ0v) is 10.0. The van der Waals surface area contributed by atoms with Crippen LogP contribution in [0.3, 0.4) is 0 Å². The maximum Gasteiger partial charge on any atom is 0.389 e. The minimum Gasteiger partial charge on any atom is -0.508 e. The third-order valence-electron chi connectivity index (χ3n) is 2.64. The van der Waals surface area contributed by atoms with Crippen LogP contribution >= 0.6 is 0 Å². The number of halogens is 3. The summed E-state index contributed by atoms with van der Waals surface area (Å²) < 4.78 is 41.1. The molecule has 0 spiro atoms. The fourth-order valence-electron chi connectivity index (χ4n) is 1.57. The van der Waals surface area contributed by atoms with Gasteiger partial charge < -0.3 is 9.63 Å². The molecule has 0 aliphatic rings. The van der Waals surface area contributed by atoms with Crippen molar-refractivity contribution < 1.29 is 22.8 Å². The van der Waals surface area contributed by atoms with Crippen LogP contribution in [0.15, 0.2) is 22.7 Å². The van der Waals surface area contributed by atoms with Crippen LogP contribution in [-0.2, 0) is 6.42 Å². The van der Waals surface area contributed by atoms with E-state index in [1.165, 1.54) is 6.07 Å². The molecule has 1 aromatic heterocycles. The Kier molecular flexibility index (Phi) is 3.46. The Labute approximate surface area is 106 Å². The van der Waals surface area contributed by atoms with Gasteiger partial charge in [-0.2, -0.15) is 18.2 Å². The number of hydrogen-bond acceptors (Lipinski definition) is 4. The smallest absolute Gasteiger partial charge is 0.389 e. The first-order chi connectivity index (χ1) is 8.87. The summed E-state index contributed by atoms with van der Waals surface area (Å²) in [5.41, 5.74) is 1.04. The standard InChI is InChI=1S/C12H11F3N2O2/c1-7-8(3-2-4-9(7)18)11-16-10(17-19-11)5-6-12(13,14)15/h2-4,18H,5-6H2,1H3. The van der Waals surface area contributed by atoms with Crippen molar-refractivity contribution in [1.29, 1.82) is 0 Å². The van der Waals surface area contributed by atoms with Gasteiger partial charge in [-0.3, -0.25) is 0 Å². The highest BCUT2D eigenvalue weighted by Gasteiger charge is 2.27. The first-order valence-electron chi connectivity index (χ1n) is 5.55. The van der Waals surface area contributed by atoms with E-state index in [1.54, 1.807) is 19.1 Å². The van der Waals surface area contributed by atoms with Gasteiger partial charge in [-0.25, -0.2) is 0 Å². The van der Waals surface area contributed by atoms with Crippen molar-refractivity contribution >= 4 is 0 Å². The number of alkyl halides is 3. The Bertz CT molecular complexity index is 579. The SMILES string of the molecule is Cc1c(O)cccc1-c1nc(CCC(F)(F)F)no1. The van der Waals surface area contributed by atoms with Crippen LogP contribution < -0.4 is 0 Å². The first-order valence-corrected chi connectivity index (χ1v) is 5.55. The second-order valence-electron chi connectivity index (χ2n) is 4.08. The van der Waals surface area contributed by atoms with Gasteiger partial charge in [-0.05, 0) is 19.1 Å². The predicted molar refractivity (Wildman–Crippen MR) is 60.5 cm³/mol. The molecule has 0 aliphatic heterocycles. The highest BCUT2D eigenvalue weighted by molar-refractivity contribution is 5.61. The first kappa shape index (κ1) is 13.4. The molecule has 0 bridgehead atoms. The van der Waals surface area contributed by atoms with Gasteiger partial charge >= 0.3 is 6.18 Å². The largest absolute Gasteiger partial charge is 0.508 e. The zero-order valence-electron chi connectivity index (χ0n) is 10.0. The van der Waals surface area contributed by atoms with E-state index >= 15 is 0 Å². The fourth-order valence-corrected chi connectivity index (χ4v) is 1.57. The molecule has 0 amide bonds. The molecule has 19 heavy (non-hydrogen) atoms. The summed E-state index contributed by atoms with van der Waals surface area (Å²) in [6.45, 7) is 1.66. The molecule has 0 unspecified atom stereocenters. The van der Waals surface area contributed by atoms with Crippen LogP contribution in [-0.4, -0.2) is 21.4 Å². The lowest BCUT2D eigenvalue weighted by Gasteiger charge is -2.02. The number of hydrogen-bond donors (Lipinski definition) is 1. The molecule has 1 aromatic carbocycles. The maximum absolute atomic E-state index is 12.1. The molecule has 0 saturated carbocycles. The van der Waals surface area contributed by atoms with E-state index in [9.17, 15) is 18.3 Å². The molecule has 2 aromatic rings. The van der Waals surface area contributed by atoms with Gasteiger partial charge in [-0.15, -0.1) is 0 Å². The van der Waals surface area contributed by atoms with Crippen molar-refractivity contribution in [2.24, 2.45) is 0 Å². The number of aromatic nitrogens is 2. The van der Waals surface area contributed by atoms with Crippen molar-refractivity contribution in [3.63, 3.8) is 0 Å². The third kappa shape index (κ3) is 3.24. The number of benzene rings is 1. The van der Waals surface area contributed by atoms with Gasteiger partial charge in [0.15, 0.2) is 5.82 Å². The summed E-state index contributed by atoms with van der Waals surface area (Å²) >= 11 is 0. The molecule has 1 heterocycles. The monoisotopic (exact) mass is 272 g/mol. The topological polar surface area (TPSA) is 59.2 Å². The van der Waals surface area contributed by atoms with Gasteiger partial charge in [0.1, 0.15) is 5.75 Å². The number of nitrogens with zero attached hydrogens (tertiary/aromatic N) is 2. The predicted octanol–water partition coefficient (Wildman–Crippen LogP) is 3.25. The number of rotatable bonds is 3. The average molecular weight is 272 g/mol. The average Bonchev–Trinajstić information content (AvgIpc) is 2.78. The molecular weight excluding hydrogens is 261 g/mol. The number of aromatic hydroxyl groups is 1. The molecule has 1 N–H and O–H groups in total. The maximum atomic E-state index is 12.1. The number of aryl methyl sites for hydroxylation is 1. The normalized spacial score (nSPS) is 11.8. The van der Waals surface area contributed by atoms with Crippen LogP contribution in [0.25, 0.3) is 11.5 Å². The summed E-state index contributed by atoms with van der Waals surface area (Å²) in [5, 5.41) is 13.0. The molecule has 0 saturated heterocycles. The molecule has 102 valence electrons. The minimum absolute atomic E-state index is 0.00457. The van der Waals surface area contributed by atoms with E-state index in [-0.39, 0.29) is 23.9 Å². The van der Waals surface area contributed by atoms with Gasteiger partial charge in [0.05, 0.1) is 6.42 Å². The fraction of sp³-hybridized carbons (Fsp3) is 0.333. The van der Waals surface area contributed by atoms with E-state index < -0.39 is 12.6 Å². The highest BCUT2D eigenvalue weighted by atomic mass is 19.4. The molecule has 2 rings (SSSR count). The Balaban J connectivity index is 2.19. The molecular formula is C12H11F3N2O2. The molecule has 0 radical (unpaired) electrons. The van der Waals surface area contributed by atoms with Crippen LogP contribution in [0.5, 0.6) is 5.75 Å². The quantitative estimate of drug-likeness (QED) is 0.931. The lowest BCUT2D eigenvalue weighted by atomic mass is 10.1. The second kappa shape index (κ2) is 4.91. The van der Waals surface area contributed by atoms with Crippen molar-refractivity contribution in [3.8, 4) is 17.2 Å². The molecule has 4 nitrogen and oxygen atoms in total. The van der Waals surface area contributed by atoms with Crippen LogP contribution in [0, 0.1) is 6.92 Å². The van der Waals surface area contributed by atoms with E-state index in [0.29, 0.717) is 11.1 Å². The zero-order chi connectivity index (χ0) is 14.0. The van der Waals surface area contributed by atoms with E-state index in [0.717, 1.165) is 0 Å². The number of phenols is 1. The van der Waals surface area contributed by atoms with Gasteiger partial charge in [0.25, 0.3) is 5.89 Å². The Morgan fingerprint density at radius 3 is 2.74 bits per heavy atom.